The van der Waals surface area contributed by atoms with E-state index in [-0.39, 0.29) is 36.7 Å². The lowest BCUT2D eigenvalue weighted by Crippen LogP contribution is -2.33. The van der Waals surface area contributed by atoms with Gasteiger partial charge >= 0.3 is 0 Å². The first-order valence-electron chi connectivity index (χ1n) is 7.89. The minimum Gasteiger partial charge on any atom is -0.348 e. The minimum atomic E-state index is -0.347. The molecule has 8 nitrogen and oxygen atoms in total. The van der Waals surface area contributed by atoms with Crippen molar-refractivity contribution in [2.24, 2.45) is 13.0 Å². The van der Waals surface area contributed by atoms with Gasteiger partial charge in [0.1, 0.15) is 0 Å². The Morgan fingerprint density at radius 3 is 2.79 bits per heavy atom. The van der Waals surface area contributed by atoms with Gasteiger partial charge in [0.05, 0.1) is 25.6 Å². The molecule has 0 spiro atoms. The van der Waals surface area contributed by atoms with Gasteiger partial charge in [-0.2, -0.15) is 4.80 Å². The maximum Gasteiger partial charge on any atom is 0.225 e. The van der Waals surface area contributed by atoms with Gasteiger partial charge in [-0.3, -0.25) is 9.59 Å². The second-order valence-corrected chi connectivity index (χ2v) is 5.95. The summed E-state index contributed by atoms with van der Waals surface area (Å²) in [6.07, 6.45) is 0.233. The van der Waals surface area contributed by atoms with Crippen LogP contribution in [0.1, 0.15) is 30.8 Å². The van der Waals surface area contributed by atoms with Gasteiger partial charge in [0.15, 0.2) is 5.82 Å². The number of hydrogen-bond acceptors (Lipinski definition) is 5. The van der Waals surface area contributed by atoms with E-state index in [0.717, 1.165) is 5.56 Å². The predicted molar refractivity (Wildman–Crippen MR) is 85.3 cm³/mol. The minimum absolute atomic E-state index is 0.00382. The molecule has 1 saturated heterocycles. The molecule has 2 atom stereocenters. The highest BCUT2D eigenvalue weighted by Crippen LogP contribution is 2.28. The van der Waals surface area contributed by atoms with Gasteiger partial charge in [-0.1, -0.05) is 30.3 Å². The molecule has 2 aromatic rings. The molecular weight excluding hydrogens is 308 g/mol. The lowest BCUT2D eigenvalue weighted by Gasteiger charge is -2.25. The third-order valence-corrected chi connectivity index (χ3v) is 4.25. The van der Waals surface area contributed by atoms with Crippen LogP contribution in [0.25, 0.3) is 0 Å². The van der Waals surface area contributed by atoms with Crippen molar-refractivity contribution in [1.82, 2.24) is 30.4 Å². The zero-order chi connectivity index (χ0) is 17.1. The molecule has 1 aromatic carbocycles. The number of aromatic nitrogens is 4. The number of carbonyl (C=O) groups is 2. The summed E-state index contributed by atoms with van der Waals surface area (Å²) in [7, 11) is 1.66. The number of benzene rings is 1. The molecule has 126 valence electrons. The summed E-state index contributed by atoms with van der Waals surface area (Å²) in [5.41, 5.74) is 1.07. The fraction of sp³-hybridized carbons (Fsp3) is 0.438. The van der Waals surface area contributed by atoms with Crippen LogP contribution in [0.4, 0.5) is 0 Å². The molecule has 24 heavy (non-hydrogen) atoms. The fourth-order valence-corrected chi connectivity index (χ4v) is 2.90. The van der Waals surface area contributed by atoms with Gasteiger partial charge < -0.3 is 10.2 Å². The first-order chi connectivity index (χ1) is 11.5. The van der Waals surface area contributed by atoms with E-state index in [1.165, 1.54) is 4.80 Å². The summed E-state index contributed by atoms with van der Waals surface area (Å²) in [6, 6.07) is 9.78. The summed E-state index contributed by atoms with van der Waals surface area (Å²) < 4.78 is 0. The third kappa shape index (κ3) is 3.42. The molecule has 2 heterocycles. The Bertz CT molecular complexity index is 729. The standard InChI is InChI=1S/C16H20N6O2/c1-11(12-6-4-3-5-7-12)22-10-13(8-15(22)23)16(24)17-9-14-18-20-21(2)19-14/h3-7,11,13H,8-10H2,1-2H3,(H,17,24)/t11-,13+/m1/s1. The molecule has 2 amide bonds. The number of nitrogens with zero attached hydrogens (tertiary/aromatic N) is 5. The zero-order valence-electron chi connectivity index (χ0n) is 13.7. The largest absolute Gasteiger partial charge is 0.348 e. The molecule has 1 aromatic heterocycles. The van der Waals surface area contributed by atoms with Gasteiger partial charge in [0.2, 0.25) is 11.8 Å². The molecule has 0 saturated carbocycles. The van der Waals surface area contributed by atoms with Crippen LogP contribution < -0.4 is 5.32 Å². The molecule has 1 aliphatic rings. The van der Waals surface area contributed by atoms with Gasteiger partial charge in [0, 0.05) is 13.0 Å². The van der Waals surface area contributed by atoms with Crippen molar-refractivity contribution in [3.05, 3.63) is 41.7 Å². The number of likely N-dealkylation sites (tertiary alicyclic amines) is 1. The number of tetrazole rings is 1. The van der Waals surface area contributed by atoms with Gasteiger partial charge in [-0.25, -0.2) is 0 Å². The van der Waals surface area contributed by atoms with Crippen LogP contribution in [-0.2, 0) is 23.2 Å². The van der Waals surface area contributed by atoms with E-state index in [4.69, 9.17) is 0 Å². The highest BCUT2D eigenvalue weighted by atomic mass is 16.2. The number of hydrogen-bond donors (Lipinski definition) is 1. The molecule has 0 bridgehead atoms. The van der Waals surface area contributed by atoms with Crippen molar-refractivity contribution < 1.29 is 9.59 Å². The molecule has 1 fully saturated rings. The van der Waals surface area contributed by atoms with Crippen LogP contribution in [0.2, 0.25) is 0 Å². The molecule has 3 rings (SSSR count). The second kappa shape index (κ2) is 6.77. The summed E-state index contributed by atoms with van der Waals surface area (Å²) >= 11 is 0. The van der Waals surface area contributed by atoms with Crippen molar-refractivity contribution in [1.29, 1.82) is 0 Å². The Morgan fingerprint density at radius 2 is 2.12 bits per heavy atom. The van der Waals surface area contributed by atoms with Crippen molar-refractivity contribution in [2.75, 3.05) is 6.54 Å². The maximum absolute atomic E-state index is 12.3. The van der Waals surface area contributed by atoms with Gasteiger partial charge in [-0.05, 0) is 17.7 Å². The number of nitrogens with one attached hydrogen (secondary N) is 1. The average Bonchev–Trinajstić information content (AvgIpc) is 3.18. The molecular formula is C16H20N6O2. The highest BCUT2D eigenvalue weighted by molar-refractivity contribution is 5.89. The van der Waals surface area contributed by atoms with E-state index in [9.17, 15) is 9.59 Å². The molecule has 1 aliphatic heterocycles. The van der Waals surface area contributed by atoms with E-state index >= 15 is 0 Å². The molecule has 0 aliphatic carbocycles. The summed E-state index contributed by atoms with van der Waals surface area (Å²) in [6.45, 7) is 2.62. The molecule has 0 unspecified atom stereocenters. The topological polar surface area (TPSA) is 93.0 Å². The first kappa shape index (κ1) is 16.1. The maximum atomic E-state index is 12.3. The number of aryl methyl sites for hydroxylation is 1. The SMILES string of the molecule is C[C@H](c1ccccc1)N1C[C@@H](C(=O)NCc2nnn(C)n2)CC1=O. The normalized spacial score (nSPS) is 18.7. The number of rotatable bonds is 5. The molecule has 8 heteroatoms. The molecule has 1 N–H and O–H groups in total. The van der Waals surface area contributed by atoms with Crippen LogP contribution in [-0.4, -0.2) is 43.5 Å². The summed E-state index contributed by atoms with van der Waals surface area (Å²) in [5, 5.41) is 14.3. The van der Waals surface area contributed by atoms with E-state index in [2.05, 4.69) is 20.7 Å². The van der Waals surface area contributed by atoms with Crippen molar-refractivity contribution in [3.8, 4) is 0 Å². The Morgan fingerprint density at radius 1 is 1.38 bits per heavy atom. The number of amides is 2. The Hall–Kier alpha value is -2.77. The van der Waals surface area contributed by atoms with Crippen molar-refractivity contribution in [2.45, 2.75) is 25.9 Å². The lowest BCUT2D eigenvalue weighted by atomic mass is 10.1. The van der Waals surface area contributed by atoms with Crippen LogP contribution in [0.5, 0.6) is 0 Å². The lowest BCUT2D eigenvalue weighted by molar-refractivity contribution is -0.130. The van der Waals surface area contributed by atoms with E-state index in [1.54, 1.807) is 11.9 Å². The third-order valence-electron chi connectivity index (χ3n) is 4.25. The monoisotopic (exact) mass is 328 g/mol. The zero-order valence-corrected chi connectivity index (χ0v) is 13.7. The quantitative estimate of drug-likeness (QED) is 0.859. The Balaban J connectivity index is 1.58. The van der Waals surface area contributed by atoms with Crippen LogP contribution in [0, 0.1) is 5.92 Å². The fourth-order valence-electron chi connectivity index (χ4n) is 2.90. The van der Waals surface area contributed by atoms with Crippen molar-refractivity contribution in [3.63, 3.8) is 0 Å². The van der Waals surface area contributed by atoms with Crippen LogP contribution in [0.3, 0.4) is 0 Å². The van der Waals surface area contributed by atoms with Gasteiger partial charge in [0.25, 0.3) is 0 Å². The number of carbonyl (C=O) groups excluding carboxylic acids is 2. The van der Waals surface area contributed by atoms with E-state index in [1.807, 2.05) is 37.3 Å². The van der Waals surface area contributed by atoms with Gasteiger partial charge in [-0.15, -0.1) is 10.2 Å². The second-order valence-electron chi connectivity index (χ2n) is 5.95. The molecule has 0 radical (unpaired) electrons. The highest BCUT2D eigenvalue weighted by Gasteiger charge is 2.36. The van der Waals surface area contributed by atoms with E-state index in [0.29, 0.717) is 12.4 Å². The average molecular weight is 328 g/mol. The Kier molecular flexibility index (Phi) is 4.54. The predicted octanol–water partition coefficient (Wildman–Crippen LogP) is 0.436. The van der Waals surface area contributed by atoms with Crippen LogP contribution in [0.15, 0.2) is 30.3 Å². The van der Waals surface area contributed by atoms with Crippen molar-refractivity contribution >= 4 is 11.8 Å². The summed E-state index contributed by atoms with van der Waals surface area (Å²) in [5.74, 6) is -0.0484. The Labute approximate surface area is 139 Å². The first-order valence-corrected chi connectivity index (χ1v) is 7.89. The van der Waals surface area contributed by atoms with Crippen LogP contribution >= 0.6 is 0 Å². The summed E-state index contributed by atoms with van der Waals surface area (Å²) in [4.78, 5) is 27.7. The smallest absolute Gasteiger partial charge is 0.225 e. The van der Waals surface area contributed by atoms with E-state index < -0.39 is 0 Å².